The molecule has 0 unspecified atom stereocenters. The molecule has 4 heterocycles. The van der Waals surface area contributed by atoms with E-state index in [4.69, 9.17) is 0 Å². The van der Waals surface area contributed by atoms with Crippen LogP contribution in [0.3, 0.4) is 0 Å². The Balaban J connectivity index is 1.52. The van der Waals surface area contributed by atoms with Gasteiger partial charge in [-0.15, -0.1) is 32.9 Å². The minimum atomic E-state index is -0.138. The van der Waals surface area contributed by atoms with Crippen molar-refractivity contribution in [1.29, 1.82) is 0 Å². The highest BCUT2D eigenvalue weighted by Crippen LogP contribution is 2.30. The Labute approximate surface area is 145 Å². The van der Waals surface area contributed by atoms with E-state index in [0.717, 1.165) is 21.2 Å². The summed E-state index contributed by atoms with van der Waals surface area (Å²) < 4.78 is 1.86. The standard InChI is InChI=1S/C16H13N5OS2/c1-10-14(24-16(18-10)11-5-4-8-23-11)15(22)17-9-13-20-19-12-6-2-3-7-21(12)13/h2-8H,9H2,1H3,(H,17,22). The van der Waals surface area contributed by atoms with Crippen LogP contribution in [0.15, 0.2) is 41.9 Å². The van der Waals surface area contributed by atoms with E-state index in [1.165, 1.54) is 11.3 Å². The van der Waals surface area contributed by atoms with Crippen molar-refractivity contribution in [2.75, 3.05) is 0 Å². The van der Waals surface area contributed by atoms with Gasteiger partial charge in [-0.05, 0) is 30.5 Å². The fraction of sp³-hybridized carbons (Fsp3) is 0.125. The molecule has 1 N–H and O–H groups in total. The summed E-state index contributed by atoms with van der Waals surface area (Å²) >= 11 is 3.03. The van der Waals surface area contributed by atoms with Crippen molar-refractivity contribution in [3.63, 3.8) is 0 Å². The first-order valence-electron chi connectivity index (χ1n) is 7.30. The van der Waals surface area contributed by atoms with Gasteiger partial charge in [0, 0.05) is 6.20 Å². The maximum Gasteiger partial charge on any atom is 0.263 e. The predicted octanol–water partition coefficient (Wildman–Crippen LogP) is 3.15. The average molecular weight is 355 g/mol. The lowest BCUT2D eigenvalue weighted by molar-refractivity contribution is 0.0953. The molecule has 4 rings (SSSR count). The van der Waals surface area contributed by atoms with Gasteiger partial charge in [-0.1, -0.05) is 12.1 Å². The molecule has 1 amide bonds. The van der Waals surface area contributed by atoms with Crippen LogP contribution in [0.25, 0.3) is 15.5 Å². The zero-order chi connectivity index (χ0) is 16.5. The van der Waals surface area contributed by atoms with Gasteiger partial charge in [-0.3, -0.25) is 9.20 Å². The fourth-order valence-corrected chi connectivity index (χ4v) is 4.14. The van der Waals surface area contributed by atoms with Crippen LogP contribution < -0.4 is 5.32 Å². The summed E-state index contributed by atoms with van der Waals surface area (Å²) in [4.78, 5) is 18.7. The predicted molar refractivity (Wildman–Crippen MR) is 94.3 cm³/mol. The number of thiophene rings is 1. The van der Waals surface area contributed by atoms with Crippen LogP contribution in [-0.2, 0) is 6.54 Å². The summed E-state index contributed by atoms with van der Waals surface area (Å²) in [7, 11) is 0. The number of hydrogen-bond acceptors (Lipinski definition) is 6. The summed E-state index contributed by atoms with van der Waals surface area (Å²) in [5.41, 5.74) is 1.50. The van der Waals surface area contributed by atoms with E-state index in [1.54, 1.807) is 11.3 Å². The molecule has 0 aliphatic heterocycles. The van der Waals surface area contributed by atoms with Crippen LogP contribution in [0.2, 0.25) is 0 Å². The Morgan fingerprint density at radius 1 is 1.25 bits per heavy atom. The van der Waals surface area contributed by atoms with Gasteiger partial charge in [0.1, 0.15) is 9.88 Å². The molecule has 0 aliphatic rings. The fourth-order valence-electron chi connectivity index (χ4n) is 2.36. The van der Waals surface area contributed by atoms with Gasteiger partial charge in [-0.25, -0.2) is 4.98 Å². The molecular weight excluding hydrogens is 342 g/mol. The Kier molecular flexibility index (Phi) is 3.83. The number of carbonyl (C=O) groups excluding carboxylic acids is 1. The largest absolute Gasteiger partial charge is 0.344 e. The number of rotatable bonds is 4. The molecule has 0 saturated heterocycles. The molecule has 0 spiro atoms. The number of carbonyl (C=O) groups is 1. The average Bonchev–Trinajstić information content (AvgIpc) is 3.32. The van der Waals surface area contributed by atoms with Crippen molar-refractivity contribution in [3.05, 3.63) is 58.3 Å². The number of hydrogen-bond donors (Lipinski definition) is 1. The van der Waals surface area contributed by atoms with Gasteiger partial charge in [0.05, 0.1) is 17.1 Å². The van der Waals surface area contributed by atoms with Crippen molar-refractivity contribution < 1.29 is 4.79 Å². The van der Waals surface area contributed by atoms with Crippen molar-refractivity contribution >= 4 is 34.2 Å². The number of pyridine rings is 1. The molecule has 0 saturated carbocycles. The minimum Gasteiger partial charge on any atom is -0.344 e. The van der Waals surface area contributed by atoms with Crippen LogP contribution >= 0.6 is 22.7 Å². The third-order valence-electron chi connectivity index (χ3n) is 3.53. The third-order valence-corrected chi connectivity index (χ3v) is 5.72. The number of nitrogens with one attached hydrogen (secondary N) is 1. The topological polar surface area (TPSA) is 72.2 Å². The van der Waals surface area contributed by atoms with E-state index in [0.29, 0.717) is 17.2 Å². The molecule has 0 bridgehead atoms. The molecule has 0 atom stereocenters. The smallest absolute Gasteiger partial charge is 0.263 e. The highest BCUT2D eigenvalue weighted by atomic mass is 32.1. The van der Waals surface area contributed by atoms with Gasteiger partial charge in [0.25, 0.3) is 5.91 Å². The van der Waals surface area contributed by atoms with E-state index in [2.05, 4.69) is 20.5 Å². The molecule has 8 heteroatoms. The lowest BCUT2D eigenvalue weighted by Crippen LogP contribution is -2.23. The molecule has 0 fully saturated rings. The van der Waals surface area contributed by atoms with Gasteiger partial charge in [-0.2, -0.15) is 0 Å². The number of nitrogens with zero attached hydrogens (tertiary/aromatic N) is 4. The van der Waals surface area contributed by atoms with Gasteiger partial charge in [0.15, 0.2) is 11.5 Å². The lowest BCUT2D eigenvalue weighted by Gasteiger charge is -2.02. The second kappa shape index (κ2) is 6.14. The van der Waals surface area contributed by atoms with Crippen molar-refractivity contribution in [2.45, 2.75) is 13.5 Å². The quantitative estimate of drug-likeness (QED) is 0.610. The van der Waals surface area contributed by atoms with E-state index >= 15 is 0 Å². The van der Waals surface area contributed by atoms with Crippen molar-refractivity contribution in [2.24, 2.45) is 0 Å². The SMILES string of the molecule is Cc1nc(-c2cccs2)sc1C(=O)NCc1nnc2ccccn12. The molecule has 0 aromatic carbocycles. The normalized spacial score (nSPS) is 11.0. The maximum absolute atomic E-state index is 12.5. The Morgan fingerprint density at radius 2 is 2.17 bits per heavy atom. The van der Waals surface area contributed by atoms with Gasteiger partial charge >= 0.3 is 0 Å². The summed E-state index contributed by atoms with van der Waals surface area (Å²) in [6, 6.07) is 9.67. The first-order chi connectivity index (χ1) is 11.7. The molecule has 0 radical (unpaired) electrons. The molecule has 6 nitrogen and oxygen atoms in total. The second-order valence-corrected chi connectivity index (χ2v) is 7.09. The second-order valence-electron chi connectivity index (χ2n) is 5.14. The maximum atomic E-state index is 12.5. The monoisotopic (exact) mass is 355 g/mol. The third kappa shape index (κ3) is 2.70. The van der Waals surface area contributed by atoms with Gasteiger partial charge in [0.2, 0.25) is 0 Å². The first-order valence-corrected chi connectivity index (χ1v) is 9.00. The van der Waals surface area contributed by atoms with E-state index < -0.39 is 0 Å². The zero-order valence-corrected chi connectivity index (χ0v) is 14.4. The van der Waals surface area contributed by atoms with E-state index in [9.17, 15) is 4.79 Å². The summed E-state index contributed by atoms with van der Waals surface area (Å²) in [6.07, 6.45) is 1.88. The number of fused-ring (bicyclic) bond motifs is 1. The summed E-state index contributed by atoms with van der Waals surface area (Å²) in [5.74, 6) is 0.556. The molecule has 120 valence electrons. The molecule has 4 aromatic heterocycles. The Morgan fingerprint density at radius 3 is 3.00 bits per heavy atom. The highest BCUT2D eigenvalue weighted by Gasteiger charge is 2.17. The van der Waals surface area contributed by atoms with Crippen LogP contribution in [0.4, 0.5) is 0 Å². The molecule has 0 aliphatic carbocycles. The first kappa shape index (κ1) is 15.0. The van der Waals surface area contributed by atoms with Crippen LogP contribution in [-0.4, -0.2) is 25.5 Å². The van der Waals surface area contributed by atoms with E-state index in [1.807, 2.05) is 53.2 Å². The number of amides is 1. The number of aryl methyl sites for hydroxylation is 1. The van der Waals surface area contributed by atoms with Crippen LogP contribution in [0.5, 0.6) is 0 Å². The Hall–Kier alpha value is -2.58. The zero-order valence-electron chi connectivity index (χ0n) is 12.8. The van der Waals surface area contributed by atoms with E-state index in [-0.39, 0.29) is 5.91 Å². The molecule has 24 heavy (non-hydrogen) atoms. The number of thiazole rings is 1. The Bertz CT molecular complexity index is 1000. The molecular formula is C16H13N5OS2. The summed E-state index contributed by atoms with van der Waals surface area (Å²) in [6.45, 7) is 2.17. The van der Waals surface area contributed by atoms with Crippen molar-refractivity contribution in [3.8, 4) is 9.88 Å². The highest BCUT2D eigenvalue weighted by molar-refractivity contribution is 7.22. The van der Waals surface area contributed by atoms with Crippen LogP contribution in [0.1, 0.15) is 21.2 Å². The van der Waals surface area contributed by atoms with Gasteiger partial charge < -0.3 is 5.32 Å². The summed E-state index contributed by atoms with van der Waals surface area (Å²) in [5, 5.41) is 14.0. The van der Waals surface area contributed by atoms with Crippen LogP contribution in [0, 0.1) is 6.92 Å². The lowest BCUT2D eigenvalue weighted by atomic mass is 10.3. The number of aromatic nitrogens is 4. The molecule has 4 aromatic rings. The van der Waals surface area contributed by atoms with Crippen molar-refractivity contribution in [1.82, 2.24) is 24.9 Å². The minimum absolute atomic E-state index is 0.138.